The highest BCUT2D eigenvalue weighted by molar-refractivity contribution is 6.21. The molecule has 0 fully saturated rings. The van der Waals surface area contributed by atoms with Crippen LogP contribution in [0, 0.1) is 0 Å². The summed E-state index contributed by atoms with van der Waals surface area (Å²) in [6.07, 6.45) is 0. The van der Waals surface area contributed by atoms with Crippen LogP contribution in [0.1, 0.15) is 0 Å². The van der Waals surface area contributed by atoms with Crippen molar-refractivity contribution in [3.8, 4) is 51.0 Å². The Morgan fingerprint density at radius 2 is 1.25 bits per heavy atom. The van der Waals surface area contributed by atoms with Crippen LogP contribution < -0.4 is 4.74 Å². The summed E-state index contributed by atoms with van der Waals surface area (Å²) >= 11 is 0. The second-order valence-electron chi connectivity index (χ2n) is 13.7. The number of furan rings is 1. The number of fused-ring (bicyclic) bond motifs is 10. The molecule has 4 heterocycles. The van der Waals surface area contributed by atoms with E-state index in [1.54, 1.807) is 0 Å². The second-order valence-corrected chi connectivity index (χ2v) is 13.7. The minimum atomic E-state index is 0.642. The molecule has 0 saturated heterocycles. The van der Waals surface area contributed by atoms with Gasteiger partial charge in [-0.15, -0.1) is 0 Å². The molecule has 0 atom stereocenters. The van der Waals surface area contributed by atoms with Crippen molar-refractivity contribution >= 4 is 65.4 Å². The Kier molecular flexibility index (Phi) is 5.71. The number of benzene rings is 8. The lowest BCUT2D eigenvalue weighted by molar-refractivity contribution is 0.487. The molecule has 0 bridgehead atoms. The fraction of sp³-hybridized carbons (Fsp3) is 0. The van der Waals surface area contributed by atoms with Crippen LogP contribution in [0.5, 0.6) is 11.5 Å². The van der Waals surface area contributed by atoms with Crippen molar-refractivity contribution in [2.75, 3.05) is 0 Å². The standard InChI is InChI=1S/C48H27N3O2/c1-2-12-29(13-3-1)45-47-46(36-16-7-9-20-40(36)53-47)50-48(49-45)34-23-26-42-44-32(34)17-10-18-33(44)37-27-30(22-25-41(37)52-42)51-38-19-8-6-15-35(38)43-31-14-5-4-11-28(31)21-24-39(43)51/h1-27H. The van der Waals surface area contributed by atoms with Crippen molar-refractivity contribution < 1.29 is 9.15 Å². The molecule has 0 amide bonds. The lowest BCUT2D eigenvalue weighted by Gasteiger charge is -2.23. The Morgan fingerprint density at radius 3 is 2.17 bits per heavy atom. The Labute approximate surface area is 303 Å². The molecule has 246 valence electrons. The van der Waals surface area contributed by atoms with Crippen LogP contribution >= 0.6 is 0 Å². The van der Waals surface area contributed by atoms with Crippen LogP contribution in [0.3, 0.4) is 0 Å². The van der Waals surface area contributed by atoms with Gasteiger partial charge in [-0.2, -0.15) is 0 Å². The first-order valence-corrected chi connectivity index (χ1v) is 17.8. The summed E-state index contributed by atoms with van der Waals surface area (Å²) in [6.45, 7) is 0. The monoisotopic (exact) mass is 677 g/mol. The molecule has 0 N–H and O–H groups in total. The third-order valence-electron chi connectivity index (χ3n) is 10.8. The predicted octanol–water partition coefficient (Wildman–Crippen LogP) is 12.9. The lowest BCUT2D eigenvalue weighted by atomic mass is 9.92. The normalized spacial score (nSPS) is 12.3. The molecule has 1 aliphatic heterocycles. The molecule has 5 nitrogen and oxygen atoms in total. The van der Waals surface area contributed by atoms with Crippen LogP contribution in [0.25, 0.3) is 105 Å². The highest BCUT2D eigenvalue weighted by Gasteiger charge is 2.25. The zero-order valence-corrected chi connectivity index (χ0v) is 28.2. The van der Waals surface area contributed by atoms with E-state index in [1.807, 2.05) is 36.4 Å². The average molecular weight is 678 g/mol. The first-order chi connectivity index (χ1) is 26.3. The van der Waals surface area contributed by atoms with E-state index in [0.29, 0.717) is 11.4 Å². The maximum absolute atomic E-state index is 6.69. The fourth-order valence-corrected chi connectivity index (χ4v) is 8.47. The van der Waals surface area contributed by atoms with Gasteiger partial charge >= 0.3 is 0 Å². The smallest absolute Gasteiger partial charge is 0.180 e. The molecule has 5 heteroatoms. The van der Waals surface area contributed by atoms with Crippen molar-refractivity contribution in [3.05, 3.63) is 164 Å². The summed E-state index contributed by atoms with van der Waals surface area (Å²) in [5.74, 6) is 2.30. The number of nitrogens with zero attached hydrogens (tertiary/aromatic N) is 3. The van der Waals surface area contributed by atoms with E-state index in [2.05, 4.69) is 132 Å². The maximum atomic E-state index is 6.69. The average Bonchev–Trinajstić information content (AvgIpc) is 3.77. The van der Waals surface area contributed by atoms with Crippen LogP contribution in [0.2, 0.25) is 0 Å². The van der Waals surface area contributed by atoms with E-state index in [4.69, 9.17) is 19.1 Å². The second kappa shape index (κ2) is 10.6. The minimum absolute atomic E-state index is 0.642. The summed E-state index contributed by atoms with van der Waals surface area (Å²) in [5.41, 5.74) is 10.6. The first kappa shape index (κ1) is 28.5. The molecule has 0 aliphatic carbocycles. The molecular formula is C48H27N3O2. The van der Waals surface area contributed by atoms with Crippen LogP contribution in [0.15, 0.2) is 168 Å². The third kappa shape index (κ3) is 4.02. The van der Waals surface area contributed by atoms with Gasteiger partial charge in [-0.25, -0.2) is 9.97 Å². The number of ether oxygens (including phenoxy) is 1. The van der Waals surface area contributed by atoms with Crippen molar-refractivity contribution in [2.24, 2.45) is 0 Å². The molecule has 3 aromatic heterocycles. The highest BCUT2D eigenvalue weighted by Crippen LogP contribution is 2.50. The SMILES string of the molecule is c1ccc(-c2nc(-c3ccc4c5c(cccc35)-c3cc(-n5c6ccccc6c6c7ccccc7ccc65)ccc3O4)nc3c2oc2ccccc23)cc1. The Bertz CT molecular complexity index is 3320. The fourth-order valence-electron chi connectivity index (χ4n) is 8.47. The van der Waals surface area contributed by atoms with E-state index in [1.165, 1.54) is 32.6 Å². The summed E-state index contributed by atoms with van der Waals surface area (Å²) in [6, 6.07) is 57.2. The number of aromatic nitrogens is 3. The van der Waals surface area contributed by atoms with E-state index < -0.39 is 0 Å². The van der Waals surface area contributed by atoms with Gasteiger partial charge in [0, 0.05) is 43.9 Å². The molecule has 1 aliphatic rings. The number of hydrogen-bond donors (Lipinski definition) is 0. The van der Waals surface area contributed by atoms with Gasteiger partial charge in [0.2, 0.25) is 0 Å². The summed E-state index contributed by atoms with van der Waals surface area (Å²) in [7, 11) is 0. The van der Waals surface area contributed by atoms with Crippen molar-refractivity contribution in [2.45, 2.75) is 0 Å². The van der Waals surface area contributed by atoms with Gasteiger partial charge in [-0.1, -0.05) is 109 Å². The molecular weight excluding hydrogens is 651 g/mol. The van der Waals surface area contributed by atoms with Crippen LogP contribution in [-0.4, -0.2) is 14.5 Å². The molecule has 8 aromatic carbocycles. The van der Waals surface area contributed by atoms with E-state index in [9.17, 15) is 0 Å². The molecule has 0 spiro atoms. The lowest BCUT2D eigenvalue weighted by Crippen LogP contribution is -2.01. The summed E-state index contributed by atoms with van der Waals surface area (Å²) in [4.78, 5) is 10.4. The van der Waals surface area contributed by atoms with Gasteiger partial charge < -0.3 is 13.7 Å². The van der Waals surface area contributed by atoms with E-state index in [-0.39, 0.29) is 0 Å². The van der Waals surface area contributed by atoms with Gasteiger partial charge in [0.25, 0.3) is 0 Å². The van der Waals surface area contributed by atoms with E-state index in [0.717, 1.165) is 72.4 Å². The first-order valence-electron chi connectivity index (χ1n) is 17.8. The molecule has 0 saturated carbocycles. The molecule has 12 rings (SSSR count). The van der Waals surface area contributed by atoms with Gasteiger partial charge in [0.05, 0.1) is 11.0 Å². The topological polar surface area (TPSA) is 53.1 Å². The molecule has 0 unspecified atom stereocenters. The van der Waals surface area contributed by atoms with Gasteiger partial charge in [0.15, 0.2) is 11.4 Å². The number of hydrogen-bond acceptors (Lipinski definition) is 4. The minimum Gasteiger partial charge on any atom is -0.456 e. The van der Waals surface area contributed by atoms with Crippen molar-refractivity contribution in [1.82, 2.24) is 14.5 Å². The zero-order valence-electron chi connectivity index (χ0n) is 28.2. The Morgan fingerprint density at radius 1 is 0.472 bits per heavy atom. The third-order valence-corrected chi connectivity index (χ3v) is 10.8. The van der Waals surface area contributed by atoms with E-state index >= 15 is 0 Å². The largest absolute Gasteiger partial charge is 0.456 e. The predicted molar refractivity (Wildman–Crippen MR) is 215 cm³/mol. The van der Waals surface area contributed by atoms with Crippen molar-refractivity contribution in [1.29, 1.82) is 0 Å². The highest BCUT2D eigenvalue weighted by atomic mass is 16.5. The van der Waals surface area contributed by atoms with Gasteiger partial charge in [-0.05, 0) is 76.3 Å². The quantitative estimate of drug-likeness (QED) is 0.187. The summed E-state index contributed by atoms with van der Waals surface area (Å²) < 4.78 is 15.5. The molecule has 0 radical (unpaired) electrons. The van der Waals surface area contributed by atoms with Crippen molar-refractivity contribution in [3.63, 3.8) is 0 Å². The number of rotatable bonds is 3. The maximum Gasteiger partial charge on any atom is 0.180 e. The van der Waals surface area contributed by atoms with Crippen LogP contribution in [-0.2, 0) is 0 Å². The van der Waals surface area contributed by atoms with Gasteiger partial charge in [-0.3, -0.25) is 0 Å². The zero-order chi connectivity index (χ0) is 34.6. The Hall–Kier alpha value is -7.24. The Balaban J connectivity index is 1.08. The summed E-state index contributed by atoms with van der Waals surface area (Å²) in [5, 5.41) is 8.04. The molecule has 53 heavy (non-hydrogen) atoms. The van der Waals surface area contributed by atoms with Crippen LogP contribution in [0.4, 0.5) is 0 Å². The van der Waals surface area contributed by atoms with Gasteiger partial charge in [0.1, 0.15) is 28.3 Å². The number of para-hydroxylation sites is 2. The molecule has 11 aromatic rings.